The Morgan fingerprint density at radius 2 is 1.64 bits per heavy atom. The van der Waals surface area contributed by atoms with E-state index in [-0.39, 0.29) is 35.9 Å². The van der Waals surface area contributed by atoms with Crippen molar-refractivity contribution in [3.05, 3.63) is 82.7 Å². The minimum Gasteiger partial charge on any atom is -0.497 e. The Balaban J connectivity index is 1.41. The molecule has 1 fully saturated rings. The Kier molecular flexibility index (Phi) is 8.56. The topological polar surface area (TPSA) is 125 Å². The Morgan fingerprint density at radius 3 is 2.32 bits per heavy atom. The minimum absolute atomic E-state index is 0.0564. The van der Waals surface area contributed by atoms with Gasteiger partial charge in [-0.25, -0.2) is 0 Å². The summed E-state index contributed by atoms with van der Waals surface area (Å²) in [4.78, 5) is 30.5. The number of anilines is 1. The van der Waals surface area contributed by atoms with Gasteiger partial charge in [0.25, 0.3) is 5.91 Å². The number of amides is 2. The number of fused-ring (bicyclic) bond motifs is 1. The number of nitrogens with two attached hydrogens (primary N) is 1. The highest BCUT2D eigenvalue weighted by Gasteiger charge is 2.36. The molecule has 10 nitrogen and oxygen atoms in total. The summed E-state index contributed by atoms with van der Waals surface area (Å²) < 4.78 is 26.3. The van der Waals surface area contributed by atoms with E-state index < -0.39 is 11.9 Å². The molecule has 2 aliphatic rings. The molecular formula is C33H34N4O6S. The fourth-order valence-corrected chi connectivity index (χ4v) is 6.44. The fourth-order valence-electron chi connectivity index (χ4n) is 5.66. The number of aromatic nitrogens is 1. The van der Waals surface area contributed by atoms with Crippen LogP contribution in [0.25, 0.3) is 11.3 Å². The number of rotatable bonds is 10. The summed E-state index contributed by atoms with van der Waals surface area (Å²) in [6.07, 6.45) is 3.93. The van der Waals surface area contributed by atoms with E-state index in [4.69, 9.17) is 24.7 Å². The molecule has 1 saturated carbocycles. The molecule has 0 bridgehead atoms. The zero-order chi connectivity index (χ0) is 30.6. The third kappa shape index (κ3) is 6.00. The largest absolute Gasteiger partial charge is 0.497 e. The molecule has 0 unspecified atom stereocenters. The summed E-state index contributed by atoms with van der Waals surface area (Å²) in [5, 5.41) is 3.21. The monoisotopic (exact) mass is 614 g/mol. The molecule has 44 heavy (non-hydrogen) atoms. The lowest BCUT2D eigenvalue weighted by molar-refractivity contribution is -0.126. The van der Waals surface area contributed by atoms with Crippen molar-refractivity contribution in [2.75, 3.05) is 26.7 Å². The molecule has 6 rings (SSSR count). The maximum absolute atomic E-state index is 14.6. The van der Waals surface area contributed by atoms with Crippen molar-refractivity contribution in [3.63, 3.8) is 0 Å². The average molecular weight is 615 g/mol. The van der Waals surface area contributed by atoms with Gasteiger partial charge in [-0.15, -0.1) is 0 Å². The number of nitrogens with one attached hydrogen (secondary N) is 1. The summed E-state index contributed by atoms with van der Waals surface area (Å²) in [5.74, 6) is 1.91. The third-order valence-electron chi connectivity index (χ3n) is 8.03. The van der Waals surface area contributed by atoms with Crippen LogP contribution in [0.2, 0.25) is 0 Å². The van der Waals surface area contributed by atoms with Crippen molar-refractivity contribution in [1.29, 1.82) is 0 Å². The SMILES string of the molecule is COc1ccc(-c2nsc(C(=O)N(Cc3ccc4c(c3)OCO4)[C@@H](C(=O)NC3CCCC3)c3ccc(OC)cc3)c2N)cc1. The first-order chi connectivity index (χ1) is 21.4. The zero-order valence-electron chi connectivity index (χ0n) is 24.6. The molecule has 228 valence electrons. The Morgan fingerprint density at radius 1 is 0.977 bits per heavy atom. The van der Waals surface area contributed by atoms with E-state index in [1.807, 2.05) is 54.6 Å². The first kappa shape index (κ1) is 29.3. The van der Waals surface area contributed by atoms with Crippen molar-refractivity contribution >= 4 is 29.0 Å². The lowest BCUT2D eigenvalue weighted by atomic mass is 10.0. The highest BCUT2D eigenvalue weighted by atomic mass is 32.1. The van der Waals surface area contributed by atoms with Gasteiger partial charge in [0, 0.05) is 18.2 Å². The van der Waals surface area contributed by atoms with E-state index in [2.05, 4.69) is 9.69 Å². The van der Waals surface area contributed by atoms with Crippen molar-refractivity contribution < 1.29 is 28.5 Å². The molecule has 11 heteroatoms. The van der Waals surface area contributed by atoms with Gasteiger partial charge in [-0.3, -0.25) is 9.59 Å². The number of methoxy groups -OCH3 is 2. The van der Waals surface area contributed by atoms with Crippen LogP contribution in [0, 0.1) is 0 Å². The number of benzene rings is 3. The van der Waals surface area contributed by atoms with Gasteiger partial charge in [-0.2, -0.15) is 4.37 Å². The van der Waals surface area contributed by atoms with E-state index >= 15 is 0 Å². The number of carbonyl (C=O) groups excluding carboxylic acids is 2. The van der Waals surface area contributed by atoms with Crippen LogP contribution in [0.1, 0.15) is 52.5 Å². The van der Waals surface area contributed by atoms with E-state index in [0.717, 1.165) is 48.3 Å². The summed E-state index contributed by atoms with van der Waals surface area (Å²) in [5.41, 5.74) is 9.54. The van der Waals surface area contributed by atoms with E-state index in [0.29, 0.717) is 34.3 Å². The van der Waals surface area contributed by atoms with Crippen LogP contribution in [0.3, 0.4) is 0 Å². The number of nitrogens with zero attached hydrogens (tertiary/aromatic N) is 2. The summed E-state index contributed by atoms with van der Waals surface area (Å²) in [7, 11) is 3.18. The standard InChI is InChI=1S/C33H34N4O6S/c1-40-24-12-8-21(9-13-24)29-28(34)31(44-36-29)33(39)37(18-20-7-16-26-27(17-20)43-19-42-26)30(22-10-14-25(41-2)15-11-22)32(38)35-23-5-3-4-6-23/h7-17,23,30H,3-6,18-19,34H2,1-2H3,(H,35,38)/t30-/m1/s1. The van der Waals surface area contributed by atoms with Crippen LogP contribution in [0.4, 0.5) is 5.69 Å². The highest BCUT2D eigenvalue weighted by molar-refractivity contribution is 7.09. The lowest BCUT2D eigenvalue weighted by Gasteiger charge is -2.32. The fraction of sp³-hybridized carbons (Fsp3) is 0.303. The maximum Gasteiger partial charge on any atom is 0.268 e. The number of hydrogen-bond donors (Lipinski definition) is 2. The quantitative estimate of drug-likeness (QED) is 0.237. The molecule has 3 N–H and O–H groups in total. The average Bonchev–Trinajstić information content (AvgIpc) is 3.82. The molecule has 2 amide bonds. The molecule has 2 heterocycles. The smallest absolute Gasteiger partial charge is 0.268 e. The van der Waals surface area contributed by atoms with Gasteiger partial charge in [0.2, 0.25) is 12.7 Å². The predicted molar refractivity (Wildman–Crippen MR) is 167 cm³/mol. The maximum atomic E-state index is 14.6. The summed E-state index contributed by atoms with van der Waals surface area (Å²) in [6.45, 7) is 0.241. The Labute approximate surface area is 259 Å². The van der Waals surface area contributed by atoms with Crippen LogP contribution in [0.15, 0.2) is 66.7 Å². The van der Waals surface area contributed by atoms with Crippen molar-refractivity contribution in [2.45, 2.75) is 44.3 Å². The van der Waals surface area contributed by atoms with Gasteiger partial charge >= 0.3 is 0 Å². The van der Waals surface area contributed by atoms with Gasteiger partial charge in [-0.1, -0.05) is 31.0 Å². The molecule has 0 saturated heterocycles. The molecular weight excluding hydrogens is 580 g/mol. The molecule has 1 aromatic heterocycles. The molecule has 0 radical (unpaired) electrons. The zero-order valence-corrected chi connectivity index (χ0v) is 25.4. The number of hydrogen-bond acceptors (Lipinski definition) is 9. The highest BCUT2D eigenvalue weighted by Crippen LogP contribution is 2.37. The molecule has 1 aliphatic heterocycles. The molecule has 3 aromatic carbocycles. The Bertz CT molecular complexity index is 1630. The van der Waals surface area contributed by atoms with Crippen LogP contribution >= 0.6 is 11.5 Å². The van der Waals surface area contributed by atoms with E-state index in [1.165, 1.54) is 0 Å². The molecule has 4 aromatic rings. The van der Waals surface area contributed by atoms with Gasteiger partial charge in [0.15, 0.2) is 11.5 Å². The van der Waals surface area contributed by atoms with Crippen molar-refractivity contribution in [2.24, 2.45) is 0 Å². The van der Waals surface area contributed by atoms with Crippen molar-refractivity contribution in [3.8, 4) is 34.3 Å². The first-order valence-corrected chi connectivity index (χ1v) is 15.3. The number of ether oxygens (including phenoxy) is 4. The van der Waals surface area contributed by atoms with Crippen molar-refractivity contribution in [1.82, 2.24) is 14.6 Å². The first-order valence-electron chi connectivity index (χ1n) is 14.5. The number of carbonyl (C=O) groups is 2. The lowest BCUT2D eigenvalue weighted by Crippen LogP contribution is -2.45. The van der Waals surface area contributed by atoms with Crippen LogP contribution < -0.4 is 30.0 Å². The Hall–Kier alpha value is -4.77. The third-order valence-corrected chi connectivity index (χ3v) is 8.88. The van der Waals surface area contributed by atoms with Gasteiger partial charge < -0.3 is 34.9 Å². The second-order valence-electron chi connectivity index (χ2n) is 10.8. The van der Waals surface area contributed by atoms with E-state index in [9.17, 15) is 9.59 Å². The van der Waals surface area contributed by atoms with Gasteiger partial charge in [-0.05, 0) is 84.0 Å². The van der Waals surface area contributed by atoms with Gasteiger partial charge in [0.1, 0.15) is 28.1 Å². The minimum atomic E-state index is -0.953. The van der Waals surface area contributed by atoms with Gasteiger partial charge in [0.05, 0.1) is 19.9 Å². The molecule has 1 aliphatic carbocycles. The second-order valence-corrected chi connectivity index (χ2v) is 11.6. The van der Waals surface area contributed by atoms with Crippen LogP contribution in [-0.4, -0.2) is 48.1 Å². The predicted octanol–water partition coefficient (Wildman–Crippen LogP) is 5.58. The van der Waals surface area contributed by atoms with E-state index in [1.54, 1.807) is 31.3 Å². The normalized spacial score (nSPS) is 14.7. The van der Waals surface area contributed by atoms with Crippen LogP contribution in [0.5, 0.6) is 23.0 Å². The molecule has 1 atom stereocenters. The second kappa shape index (κ2) is 12.8. The van der Waals surface area contributed by atoms with Crippen LogP contribution in [-0.2, 0) is 11.3 Å². The molecule has 0 spiro atoms. The summed E-state index contributed by atoms with van der Waals surface area (Å²) >= 11 is 1.02. The summed E-state index contributed by atoms with van der Waals surface area (Å²) in [6, 6.07) is 19.1. The number of nitrogen functional groups attached to an aromatic ring is 1.